The highest BCUT2D eigenvalue weighted by molar-refractivity contribution is 5.57. The number of aryl methyl sites for hydroxylation is 1. The summed E-state index contributed by atoms with van der Waals surface area (Å²) in [6, 6.07) is 7.60. The van der Waals surface area contributed by atoms with E-state index in [1.807, 2.05) is 0 Å². The van der Waals surface area contributed by atoms with Crippen molar-refractivity contribution in [2.24, 2.45) is 11.8 Å². The van der Waals surface area contributed by atoms with E-state index in [1.165, 1.54) is 61.8 Å². The van der Waals surface area contributed by atoms with Crippen molar-refractivity contribution in [1.82, 2.24) is 0 Å². The molecule has 3 heterocycles. The molecule has 3 nitrogen and oxygen atoms in total. The van der Waals surface area contributed by atoms with E-state index in [-0.39, 0.29) is 0 Å². The molecule has 0 bridgehead atoms. The number of ether oxygens (including phenoxy) is 2. The molecule has 3 atom stereocenters. The molecule has 3 aliphatic rings. The molecule has 1 N–H and O–H groups in total. The third kappa shape index (κ3) is 3.21. The van der Waals surface area contributed by atoms with Crippen LogP contribution in [0.25, 0.3) is 0 Å². The van der Waals surface area contributed by atoms with Crippen molar-refractivity contribution in [3.05, 3.63) is 29.3 Å². The van der Waals surface area contributed by atoms with E-state index < -0.39 is 0 Å². The Morgan fingerprint density at radius 2 is 1.96 bits per heavy atom. The van der Waals surface area contributed by atoms with Gasteiger partial charge in [-0.15, -0.1) is 0 Å². The Balaban J connectivity index is 1.55. The van der Waals surface area contributed by atoms with Gasteiger partial charge in [-0.05, 0) is 49.7 Å². The summed E-state index contributed by atoms with van der Waals surface area (Å²) >= 11 is 0. The molecule has 0 radical (unpaired) electrons. The summed E-state index contributed by atoms with van der Waals surface area (Å²) in [6.07, 6.45) is 8.97. The Hall–Kier alpha value is -1.06. The zero-order valence-corrected chi connectivity index (χ0v) is 14.9. The van der Waals surface area contributed by atoms with E-state index in [2.05, 4.69) is 30.4 Å². The minimum atomic E-state index is 0.306. The first-order valence-corrected chi connectivity index (χ1v) is 9.95. The Morgan fingerprint density at radius 3 is 2.79 bits per heavy atom. The van der Waals surface area contributed by atoms with Crippen molar-refractivity contribution in [3.8, 4) is 0 Å². The zero-order valence-electron chi connectivity index (χ0n) is 14.9. The molecule has 0 aliphatic carbocycles. The van der Waals surface area contributed by atoms with E-state index in [1.54, 1.807) is 0 Å². The van der Waals surface area contributed by atoms with Crippen LogP contribution in [-0.2, 0) is 15.9 Å². The van der Waals surface area contributed by atoms with Crippen LogP contribution in [0, 0.1) is 11.8 Å². The summed E-state index contributed by atoms with van der Waals surface area (Å²) < 4.78 is 11.8. The normalized spacial score (nSPS) is 29.8. The van der Waals surface area contributed by atoms with Gasteiger partial charge in [-0.25, -0.2) is 0 Å². The number of hydrogen-bond donors (Lipinski definition) is 1. The van der Waals surface area contributed by atoms with Crippen molar-refractivity contribution >= 4 is 5.69 Å². The minimum Gasteiger partial charge on any atom is -0.381 e. The number of benzene rings is 1. The molecule has 1 aromatic rings. The van der Waals surface area contributed by atoms with Crippen LogP contribution in [-0.4, -0.2) is 25.9 Å². The molecule has 0 spiro atoms. The van der Waals surface area contributed by atoms with E-state index in [0.29, 0.717) is 18.1 Å². The van der Waals surface area contributed by atoms with Gasteiger partial charge >= 0.3 is 0 Å². The molecule has 3 heteroatoms. The smallest absolute Gasteiger partial charge is 0.0893 e. The Kier molecular flexibility index (Phi) is 5.09. The maximum Gasteiger partial charge on any atom is 0.0893 e. The zero-order chi connectivity index (χ0) is 16.4. The van der Waals surface area contributed by atoms with E-state index in [4.69, 9.17) is 9.47 Å². The van der Waals surface area contributed by atoms with Crippen molar-refractivity contribution in [1.29, 1.82) is 0 Å². The molecule has 4 rings (SSSR count). The number of fused-ring (bicyclic) bond motifs is 3. The molecule has 2 fully saturated rings. The number of hydrogen-bond acceptors (Lipinski definition) is 3. The van der Waals surface area contributed by atoms with Gasteiger partial charge in [-0.1, -0.05) is 31.9 Å². The second-order valence-electron chi connectivity index (χ2n) is 7.74. The van der Waals surface area contributed by atoms with Crippen LogP contribution < -0.4 is 5.32 Å². The molecule has 1 aromatic carbocycles. The van der Waals surface area contributed by atoms with Gasteiger partial charge in [0.05, 0.1) is 6.10 Å². The summed E-state index contributed by atoms with van der Waals surface area (Å²) in [5.74, 6) is 1.36. The molecule has 0 unspecified atom stereocenters. The van der Waals surface area contributed by atoms with Gasteiger partial charge in [0.1, 0.15) is 0 Å². The highest BCUT2D eigenvalue weighted by Gasteiger charge is 2.43. The maximum atomic E-state index is 6.21. The topological polar surface area (TPSA) is 30.5 Å². The van der Waals surface area contributed by atoms with Crippen LogP contribution in [0.5, 0.6) is 0 Å². The fraction of sp³-hybridized carbons (Fsp3) is 0.714. The molecule has 3 aliphatic heterocycles. The standard InChI is InChI=1S/C21H31NO2/c1-2-3-4-5-15-6-7-19-18(14-15)21-17(10-13-24-21)20(22-19)16-8-11-23-12-9-16/h6-7,14,16-17,20-22H,2-5,8-13H2,1H3/t17-,20+,21-/m0/s1. The van der Waals surface area contributed by atoms with Gasteiger partial charge < -0.3 is 14.8 Å². The first kappa shape index (κ1) is 16.4. The average molecular weight is 329 g/mol. The van der Waals surface area contributed by atoms with E-state index in [9.17, 15) is 0 Å². The van der Waals surface area contributed by atoms with Crippen molar-refractivity contribution < 1.29 is 9.47 Å². The van der Waals surface area contributed by atoms with E-state index >= 15 is 0 Å². The van der Waals surface area contributed by atoms with Crippen LogP contribution in [0.2, 0.25) is 0 Å². The summed E-state index contributed by atoms with van der Waals surface area (Å²) in [5.41, 5.74) is 4.20. The molecule has 0 saturated carbocycles. The van der Waals surface area contributed by atoms with Gasteiger partial charge in [-0.2, -0.15) is 0 Å². The summed E-state index contributed by atoms with van der Waals surface area (Å²) in [6.45, 7) is 5.02. The Morgan fingerprint density at radius 1 is 1.08 bits per heavy atom. The highest BCUT2D eigenvalue weighted by atomic mass is 16.5. The SMILES string of the molecule is CCCCCc1ccc2c(c1)[C@H]1OCC[C@H]1[C@@H](C1CCOCC1)N2. The molecule has 2 saturated heterocycles. The van der Waals surface area contributed by atoms with Gasteiger partial charge in [0, 0.05) is 43.0 Å². The molecule has 24 heavy (non-hydrogen) atoms. The van der Waals surface area contributed by atoms with Crippen LogP contribution in [0.4, 0.5) is 5.69 Å². The summed E-state index contributed by atoms with van der Waals surface area (Å²) in [7, 11) is 0. The molecule has 0 amide bonds. The van der Waals surface area contributed by atoms with Gasteiger partial charge in [0.25, 0.3) is 0 Å². The van der Waals surface area contributed by atoms with Crippen LogP contribution in [0.15, 0.2) is 18.2 Å². The second-order valence-corrected chi connectivity index (χ2v) is 7.74. The largest absolute Gasteiger partial charge is 0.381 e. The number of unbranched alkanes of at least 4 members (excludes halogenated alkanes) is 2. The maximum absolute atomic E-state index is 6.21. The lowest BCUT2D eigenvalue weighted by atomic mass is 9.75. The molecular formula is C21H31NO2. The Labute approximate surface area is 146 Å². The monoisotopic (exact) mass is 329 g/mol. The number of rotatable bonds is 5. The average Bonchev–Trinajstić information content (AvgIpc) is 3.12. The van der Waals surface area contributed by atoms with Crippen molar-refractivity contribution in [3.63, 3.8) is 0 Å². The fourth-order valence-corrected chi connectivity index (χ4v) is 4.84. The van der Waals surface area contributed by atoms with E-state index in [0.717, 1.165) is 25.7 Å². The third-order valence-corrected chi connectivity index (χ3v) is 6.19. The van der Waals surface area contributed by atoms with Gasteiger partial charge in [-0.3, -0.25) is 0 Å². The minimum absolute atomic E-state index is 0.306. The molecular weight excluding hydrogens is 298 g/mol. The highest BCUT2D eigenvalue weighted by Crippen LogP contribution is 2.47. The summed E-state index contributed by atoms with van der Waals surface area (Å²) in [4.78, 5) is 0. The van der Waals surface area contributed by atoms with Crippen LogP contribution >= 0.6 is 0 Å². The van der Waals surface area contributed by atoms with Gasteiger partial charge in [0.2, 0.25) is 0 Å². The van der Waals surface area contributed by atoms with Crippen LogP contribution in [0.3, 0.4) is 0 Å². The van der Waals surface area contributed by atoms with Crippen molar-refractivity contribution in [2.45, 2.75) is 64.0 Å². The Bertz CT molecular complexity index is 553. The third-order valence-electron chi connectivity index (χ3n) is 6.19. The van der Waals surface area contributed by atoms with Crippen molar-refractivity contribution in [2.75, 3.05) is 25.1 Å². The first-order valence-electron chi connectivity index (χ1n) is 9.95. The first-order chi connectivity index (χ1) is 11.9. The summed E-state index contributed by atoms with van der Waals surface area (Å²) in [5, 5.41) is 3.90. The molecule has 0 aromatic heterocycles. The van der Waals surface area contributed by atoms with Gasteiger partial charge in [0.15, 0.2) is 0 Å². The lowest BCUT2D eigenvalue weighted by Crippen LogP contribution is -2.43. The second kappa shape index (κ2) is 7.45. The predicted octanol–water partition coefficient (Wildman–Crippen LogP) is 4.72. The number of anilines is 1. The number of nitrogens with one attached hydrogen (secondary N) is 1. The lowest BCUT2D eigenvalue weighted by Gasteiger charge is -2.41. The molecule has 132 valence electrons. The lowest BCUT2D eigenvalue weighted by molar-refractivity contribution is 0.0361. The predicted molar refractivity (Wildman–Crippen MR) is 97.4 cm³/mol. The van der Waals surface area contributed by atoms with Crippen LogP contribution in [0.1, 0.15) is 62.7 Å². The quantitative estimate of drug-likeness (QED) is 0.793. The fourth-order valence-electron chi connectivity index (χ4n) is 4.84.